The van der Waals surface area contributed by atoms with Gasteiger partial charge in [0.2, 0.25) is 5.82 Å². The van der Waals surface area contributed by atoms with Gasteiger partial charge in [0.1, 0.15) is 12.7 Å². The van der Waals surface area contributed by atoms with Crippen molar-refractivity contribution in [1.82, 2.24) is 9.88 Å². The first-order valence-electron chi connectivity index (χ1n) is 12.3. The Morgan fingerprint density at radius 3 is 2.58 bits per heavy atom. The first kappa shape index (κ1) is 26.8. The highest BCUT2D eigenvalue weighted by Gasteiger charge is 2.66. The SMILES string of the molecule is C[C@H]1[C@@H](c2ccc(F)c(F)c2OCCN2CC3(COC3)C2)[C@H](C(=O)Nc2cccnc2)O[C@@]1(C)C(F)(F)F. The number of anilines is 1. The summed E-state index contributed by atoms with van der Waals surface area (Å²) in [4.78, 5) is 19.2. The fourth-order valence-electron chi connectivity index (χ4n) is 5.54. The van der Waals surface area contributed by atoms with Crippen LogP contribution in [0, 0.1) is 23.0 Å². The summed E-state index contributed by atoms with van der Waals surface area (Å²) in [6, 6.07) is 5.04. The number of nitrogens with zero attached hydrogens (tertiary/aromatic N) is 2. The topological polar surface area (TPSA) is 72.9 Å². The van der Waals surface area contributed by atoms with Gasteiger partial charge in [-0.05, 0) is 25.1 Å². The molecular formula is C26H28F5N3O4. The first-order valence-corrected chi connectivity index (χ1v) is 12.3. The van der Waals surface area contributed by atoms with Crippen LogP contribution in [-0.4, -0.2) is 73.1 Å². The molecule has 0 bridgehead atoms. The zero-order chi connectivity index (χ0) is 27.3. The van der Waals surface area contributed by atoms with Crippen molar-refractivity contribution in [2.24, 2.45) is 11.3 Å². The molecule has 7 nitrogen and oxygen atoms in total. The standard InChI is InChI=1S/C26H28F5N3O4/c1-15-19(22(38-24(15,2)26(29,30)31)23(35)33-16-4-3-7-32-10-16)17-5-6-18(27)20(28)21(17)37-9-8-34-11-25(12-34)13-36-14-25/h3-7,10,15,19,22H,8-9,11-14H2,1-2H3,(H,33,35)/t15-,19-,22+,24+/m0/s1. The van der Waals surface area contributed by atoms with Gasteiger partial charge >= 0.3 is 6.18 Å². The summed E-state index contributed by atoms with van der Waals surface area (Å²) < 4.78 is 88.2. The number of alkyl halides is 3. The number of hydrogen-bond acceptors (Lipinski definition) is 6. The Bertz CT molecular complexity index is 1190. The molecule has 3 fully saturated rings. The number of amides is 1. The van der Waals surface area contributed by atoms with E-state index in [2.05, 4.69) is 15.2 Å². The number of nitrogens with one attached hydrogen (secondary N) is 1. The Labute approximate surface area is 216 Å². The second-order valence-electron chi connectivity index (χ2n) is 10.5. The van der Waals surface area contributed by atoms with Crippen LogP contribution in [0.5, 0.6) is 5.75 Å². The van der Waals surface area contributed by atoms with Gasteiger partial charge in [-0.2, -0.15) is 17.6 Å². The average Bonchev–Trinajstić information content (AvgIpc) is 3.09. The minimum atomic E-state index is -4.84. The molecule has 0 aliphatic carbocycles. The quantitative estimate of drug-likeness (QED) is 0.532. The van der Waals surface area contributed by atoms with Crippen molar-refractivity contribution >= 4 is 11.6 Å². The lowest BCUT2D eigenvalue weighted by Gasteiger charge is -2.55. The fraction of sp³-hybridized carbons (Fsp3) is 0.538. The van der Waals surface area contributed by atoms with E-state index in [4.69, 9.17) is 14.2 Å². The number of rotatable bonds is 7. The van der Waals surface area contributed by atoms with Gasteiger partial charge in [-0.1, -0.05) is 13.0 Å². The van der Waals surface area contributed by atoms with Crippen molar-refractivity contribution in [2.75, 3.05) is 44.8 Å². The van der Waals surface area contributed by atoms with E-state index in [9.17, 15) is 22.4 Å². The molecule has 2 aromatic rings. The van der Waals surface area contributed by atoms with Crippen LogP contribution in [-0.2, 0) is 14.3 Å². The van der Waals surface area contributed by atoms with Gasteiger partial charge < -0.3 is 19.5 Å². The van der Waals surface area contributed by atoms with Crippen LogP contribution >= 0.6 is 0 Å². The minimum Gasteiger partial charge on any atom is -0.489 e. The molecule has 5 rings (SSSR count). The summed E-state index contributed by atoms with van der Waals surface area (Å²) in [5.74, 6) is -6.55. The van der Waals surface area contributed by atoms with E-state index in [1.54, 1.807) is 6.07 Å². The van der Waals surface area contributed by atoms with E-state index in [-0.39, 0.29) is 23.3 Å². The van der Waals surface area contributed by atoms with E-state index < -0.39 is 53.0 Å². The molecule has 0 saturated carbocycles. The third kappa shape index (κ3) is 4.62. The van der Waals surface area contributed by atoms with Crippen molar-refractivity contribution < 1.29 is 41.0 Å². The van der Waals surface area contributed by atoms with Crippen molar-refractivity contribution in [1.29, 1.82) is 0 Å². The number of ether oxygens (including phenoxy) is 3. The molecule has 1 aromatic carbocycles. The highest BCUT2D eigenvalue weighted by molar-refractivity contribution is 5.95. The number of benzene rings is 1. The largest absolute Gasteiger partial charge is 0.489 e. The molecule has 0 radical (unpaired) electrons. The van der Waals surface area contributed by atoms with Gasteiger partial charge in [0.05, 0.1) is 25.1 Å². The van der Waals surface area contributed by atoms with Crippen molar-refractivity contribution in [2.45, 2.75) is 37.6 Å². The van der Waals surface area contributed by atoms with Gasteiger partial charge in [0.15, 0.2) is 17.2 Å². The van der Waals surface area contributed by atoms with Crippen molar-refractivity contribution in [3.05, 3.63) is 53.9 Å². The lowest BCUT2D eigenvalue weighted by molar-refractivity contribution is -0.272. The Morgan fingerprint density at radius 1 is 1.24 bits per heavy atom. The van der Waals surface area contributed by atoms with Gasteiger partial charge in [-0.3, -0.25) is 14.7 Å². The Kier molecular flexibility index (Phi) is 6.85. The molecule has 4 heterocycles. The molecule has 4 atom stereocenters. The monoisotopic (exact) mass is 541 g/mol. The average molecular weight is 542 g/mol. The molecule has 12 heteroatoms. The number of aromatic nitrogens is 1. The molecule has 1 spiro atoms. The predicted octanol–water partition coefficient (Wildman–Crippen LogP) is 4.15. The third-order valence-corrected chi connectivity index (χ3v) is 7.88. The van der Waals surface area contributed by atoms with Gasteiger partial charge in [-0.25, -0.2) is 4.39 Å². The van der Waals surface area contributed by atoms with E-state index >= 15 is 4.39 Å². The van der Waals surface area contributed by atoms with Crippen molar-refractivity contribution in [3.8, 4) is 5.75 Å². The second-order valence-corrected chi connectivity index (χ2v) is 10.5. The number of carbonyl (C=O) groups is 1. The summed E-state index contributed by atoms with van der Waals surface area (Å²) >= 11 is 0. The summed E-state index contributed by atoms with van der Waals surface area (Å²) in [6.07, 6.45) is -3.71. The molecule has 0 unspecified atom stereocenters. The zero-order valence-corrected chi connectivity index (χ0v) is 20.9. The van der Waals surface area contributed by atoms with Crippen LogP contribution in [0.25, 0.3) is 0 Å². The minimum absolute atomic E-state index is 0.0185. The Hall–Kier alpha value is -2.83. The van der Waals surface area contributed by atoms with Crippen LogP contribution in [0.15, 0.2) is 36.7 Å². The van der Waals surface area contributed by atoms with E-state index in [1.807, 2.05) is 0 Å². The molecule has 3 aliphatic rings. The van der Waals surface area contributed by atoms with Gasteiger partial charge in [0.25, 0.3) is 5.91 Å². The molecule has 3 saturated heterocycles. The maximum atomic E-state index is 15.0. The number of pyridine rings is 1. The van der Waals surface area contributed by atoms with E-state index in [0.29, 0.717) is 19.8 Å². The summed E-state index contributed by atoms with van der Waals surface area (Å²) in [5.41, 5.74) is -2.39. The number of halogens is 5. The zero-order valence-electron chi connectivity index (χ0n) is 20.9. The van der Waals surface area contributed by atoms with Gasteiger partial charge in [0, 0.05) is 48.6 Å². The Morgan fingerprint density at radius 2 is 1.97 bits per heavy atom. The predicted molar refractivity (Wildman–Crippen MR) is 126 cm³/mol. The molecule has 1 aromatic heterocycles. The third-order valence-electron chi connectivity index (χ3n) is 7.88. The maximum absolute atomic E-state index is 15.0. The maximum Gasteiger partial charge on any atom is 0.417 e. The highest BCUT2D eigenvalue weighted by atomic mass is 19.4. The smallest absolute Gasteiger partial charge is 0.417 e. The van der Waals surface area contributed by atoms with Crippen LogP contribution in [0.4, 0.5) is 27.6 Å². The van der Waals surface area contributed by atoms with Crippen LogP contribution in [0.1, 0.15) is 25.3 Å². The molecular weight excluding hydrogens is 513 g/mol. The van der Waals surface area contributed by atoms with Gasteiger partial charge in [-0.15, -0.1) is 0 Å². The lowest BCUT2D eigenvalue weighted by Crippen LogP contribution is -2.66. The summed E-state index contributed by atoms with van der Waals surface area (Å²) in [5, 5.41) is 2.51. The molecule has 3 aliphatic heterocycles. The van der Waals surface area contributed by atoms with Crippen LogP contribution < -0.4 is 10.1 Å². The lowest BCUT2D eigenvalue weighted by atomic mass is 9.77. The second kappa shape index (κ2) is 9.73. The van der Waals surface area contributed by atoms with E-state index in [1.165, 1.54) is 25.4 Å². The van der Waals surface area contributed by atoms with Crippen molar-refractivity contribution in [3.63, 3.8) is 0 Å². The number of carbonyl (C=O) groups excluding carboxylic acids is 1. The molecule has 1 N–H and O–H groups in total. The van der Waals surface area contributed by atoms with Crippen LogP contribution in [0.2, 0.25) is 0 Å². The first-order chi connectivity index (χ1) is 17.9. The molecule has 38 heavy (non-hydrogen) atoms. The highest BCUT2D eigenvalue weighted by Crippen LogP contribution is 2.55. The normalized spacial score (nSPS) is 28.6. The molecule has 1 amide bonds. The van der Waals surface area contributed by atoms with Crippen LogP contribution in [0.3, 0.4) is 0 Å². The Balaban J connectivity index is 1.42. The summed E-state index contributed by atoms with van der Waals surface area (Å²) in [7, 11) is 0. The summed E-state index contributed by atoms with van der Waals surface area (Å²) in [6.45, 7) is 5.49. The van der Waals surface area contributed by atoms with E-state index in [0.717, 1.165) is 32.1 Å². The molecule has 206 valence electrons. The number of hydrogen-bond donors (Lipinski definition) is 1. The number of likely N-dealkylation sites (tertiary alicyclic amines) is 1. The fourth-order valence-corrected chi connectivity index (χ4v) is 5.54.